The molecular formula is C15H24Br2N6. The first-order chi connectivity index (χ1) is 10.1. The third kappa shape index (κ3) is 6.04. The van der Waals surface area contributed by atoms with Gasteiger partial charge in [-0.25, -0.2) is 9.13 Å². The van der Waals surface area contributed by atoms with Crippen molar-refractivity contribution in [3.05, 3.63) is 36.7 Å². The molecule has 0 fully saturated rings. The molecule has 0 atom stereocenters. The molecule has 0 saturated carbocycles. The summed E-state index contributed by atoms with van der Waals surface area (Å²) in [6.07, 6.45) is 4.90. The van der Waals surface area contributed by atoms with Crippen molar-refractivity contribution in [3.8, 4) is 0 Å². The lowest BCUT2D eigenvalue weighted by molar-refractivity contribution is -0.683. The molecule has 0 aliphatic rings. The summed E-state index contributed by atoms with van der Waals surface area (Å²) >= 11 is 0. The van der Waals surface area contributed by atoms with Crippen molar-refractivity contribution in [2.75, 3.05) is 25.5 Å². The molecule has 6 nitrogen and oxygen atoms in total. The highest BCUT2D eigenvalue weighted by atomic mass is 79.9. The monoisotopic (exact) mass is 446 g/mol. The molecule has 0 aliphatic carbocycles. The molecule has 0 radical (unpaired) electrons. The molecular weight excluding hydrogens is 424 g/mol. The Morgan fingerprint density at radius 1 is 1.17 bits per heavy atom. The fourth-order valence-corrected chi connectivity index (χ4v) is 2.00. The first-order valence-corrected chi connectivity index (χ1v) is 7.06. The zero-order valence-corrected chi connectivity index (χ0v) is 17.0. The van der Waals surface area contributed by atoms with Crippen LogP contribution in [0.25, 0.3) is 0 Å². The molecule has 0 unspecified atom stereocenters. The van der Waals surface area contributed by atoms with Crippen LogP contribution in [0.2, 0.25) is 0 Å². The Kier molecular flexibility index (Phi) is 9.94. The van der Waals surface area contributed by atoms with Crippen LogP contribution in [0.4, 0.5) is 17.3 Å². The first-order valence-electron chi connectivity index (χ1n) is 7.06. The van der Waals surface area contributed by atoms with Crippen LogP contribution in [0.3, 0.4) is 0 Å². The molecule has 0 amide bonds. The van der Waals surface area contributed by atoms with E-state index in [0.29, 0.717) is 6.54 Å². The summed E-state index contributed by atoms with van der Waals surface area (Å²) in [6.45, 7) is 1.52. The van der Waals surface area contributed by atoms with Crippen molar-refractivity contribution in [2.45, 2.75) is 13.0 Å². The Balaban J connectivity index is 0.00000242. The predicted octanol–water partition coefficient (Wildman–Crippen LogP) is -0.275. The number of anilines is 1. The highest BCUT2D eigenvalue weighted by Gasteiger charge is 2.13. The smallest absolute Gasteiger partial charge is 0.421 e. The molecule has 2 rings (SSSR count). The Labute approximate surface area is 158 Å². The average Bonchev–Trinajstić information content (AvgIpc) is 2.83. The lowest BCUT2D eigenvalue weighted by Crippen LogP contribution is -3.00. The summed E-state index contributed by atoms with van der Waals surface area (Å²) in [5, 5.41) is 8.67. The second-order valence-electron chi connectivity index (χ2n) is 5.16. The molecule has 128 valence electrons. The Morgan fingerprint density at radius 3 is 2.39 bits per heavy atom. The Bertz CT molecular complexity index is 607. The lowest BCUT2D eigenvalue weighted by atomic mass is 10.3. The number of hydrogen-bond donors (Lipinski definition) is 1. The van der Waals surface area contributed by atoms with Gasteiger partial charge >= 0.3 is 5.95 Å². The molecule has 0 aliphatic heterocycles. The van der Waals surface area contributed by atoms with E-state index in [1.54, 1.807) is 0 Å². The van der Waals surface area contributed by atoms with Gasteiger partial charge in [0.05, 0.1) is 26.0 Å². The number of aryl methyl sites for hydroxylation is 2. The summed E-state index contributed by atoms with van der Waals surface area (Å²) in [6, 6.07) is 7.99. The average molecular weight is 448 g/mol. The van der Waals surface area contributed by atoms with Gasteiger partial charge in [-0.05, 0) is 37.2 Å². The first kappa shape index (κ1) is 21.8. The van der Waals surface area contributed by atoms with Gasteiger partial charge in [0.15, 0.2) is 0 Å². The van der Waals surface area contributed by atoms with E-state index in [-0.39, 0.29) is 34.0 Å². The molecule has 1 aromatic heterocycles. The van der Waals surface area contributed by atoms with Gasteiger partial charge < -0.3 is 27.6 Å². The number of halogens is 2. The fourth-order valence-electron chi connectivity index (χ4n) is 2.00. The van der Waals surface area contributed by atoms with Crippen molar-refractivity contribution in [1.82, 2.24) is 4.57 Å². The van der Waals surface area contributed by atoms with Crippen LogP contribution in [0.5, 0.6) is 0 Å². The van der Waals surface area contributed by atoms with E-state index in [1.807, 2.05) is 62.4 Å². The van der Waals surface area contributed by atoms with Crippen LogP contribution in [-0.4, -0.2) is 25.2 Å². The predicted molar refractivity (Wildman–Crippen MR) is 94.5 cm³/mol. The Hall–Kier alpha value is -1.25. The van der Waals surface area contributed by atoms with Crippen molar-refractivity contribution in [1.29, 1.82) is 0 Å². The van der Waals surface area contributed by atoms with E-state index in [9.17, 15) is 0 Å². The van der Waals surface area contributed by atoms with Crippen LogP contribution in [-0.2, 0) is 13.6 Å². The molecule has 23 heavy (non-hydrogen) atoms. The van der Waals surface area contributed by atoms with E-state index in [4.69, 9.17) is 5.73 Å². The highest BCUT2D eigenvalue weighted by molar-refractivity contribution is 8.93. The van der Waals surface area contributed by atoms with Crippen molar-refractivity contribution >= 4 is 34.3 Å². The van der Waals surface area contributed by atoms with Crippen LogP contribution < -0.4 is 32.2 Å². The van der Waals surface area contributed by atoms with Crippen LogP contribution >= 0.6 is 17.0 Å². The van der Waals surface area contributed by atoms with Gasteiger partial charge in [0.25, 0.3) is 0 Å². The van der Waals surface area contributed by atoms with E-state index in [1.165, 1.54) is 0 Å². The quantitative estimate of drug-likeness (QED) is 0.489. The van der Waals surface area contributed by atoms with Crippen LogP contribution in [0.15, 0.2) is 46.9 Å². The van der Waals surface area contributed by atoms with Gasteiger partial charge in [-0.1, -0.05) is 5.11 Å². The molecule has 1 aromatic carbocycles. The van der Waals surface area contributed by atoms with Crippen molar-refractivity contribution in [3.63, 3.8) is 0 Å². The zero-order valence-electron chi connectivity index (χ0n) is 13.7. The number of rotatable bonds is 6. The molecule has 0 saturated heterocycles. The van der Waals surface area contributed by atoms with Crippen molar-refractivity contribution < 1.29 is 21.5 Å². The van der Waals surface area contributed by atoms with Gasteiger partial charge in [-0.3, -0.25) is 0 Å². The van der Waals surface area contributed by atoms with Gasteiger partial charge in [-0.2, -0.15) is 0 Å². The van der Waals surface area contributed by atoms with E-state index >= 15 is 0 Å². The van der Waals surface area contributed by atoms with Gasteiger partial charge in [0.2, 0.25) is 0 Å². The second kappa shape index (κ2) is 10.5. The topological polar surface area (TPSA) is 62.8 Å². The normalized spacial score (nSPS) is 10.3. The van der Waals surface area contributed by atoms with E-state index in [2.05, 4.69) is 19.7 Å². The molecule has 8 heteroatoms. The number of nitrogens with two attached hydrogens (primary N) is 1. The fraction of sp³-hybridized carbons (Fsp3) is 0.400. The maximum atomic E-state index is 5.56. The SMILES string of the molecule is Br.CN(C)c1ccc(/N=N/c2n(C)cc[n+]2CCCN)cc1.[Br-]. The number of azo groups is 1. The third-order valence-corrected chi connectivity index (χ3v) is 3.27. The van der Waals surface area contributed by atoms with Crippen molar-refractivity contribution in [2.24, 2.45) is 23.0 Å². The largest absolute Gasteiger partial charge is 1.00 e. The van der Waals surface area contributed by atoms with E-state index in [0.717, 1.165) is 30.3 Å². The highest BCUT2D eigenvalue weighted by Crippen LogP contribution is 2.19. The summed E-state index contributed by atoms with van der Waals surface area (Å²) in [7, 11) is 5.99. The third-order valence-electron chi connectivity index (χ3n) is 3.27. The van der Waals surface area contributed by atoms with Gasteiger partial charge in [-0.15, -0.1) is 17.0 Å². The summed E-state index contributed by atoms with van der Waals surface area (Å²) in [4.78, 5) is 2.05. The number of aromatic nitrogens is 2. The number of nitrogens with zero attached hydrogens (tertiary/aromatic N) is 5. The van der Waals surface area contributed by atoms with E-state index < -0.39 is 0 Å². The zero-order chi connectivity index (χ0) is 15.2. The molecule has 0 bridgehead atoms. The van der Waals surface area contributed by atoms with Crippen LogP contribution in [0.1, 0.15) is 6.42 Å². The minimum absolute atomic E-state index is 0. The summed E-state index contributed by atoms with van der Waals surface area (Å²) < 4.78 is 4.01. The Morgan fingerprint density at radius 2 is 1.83 bits per heavy atom. The van der Waals surface area contributed by atoms with Crippen LogP contribution in [0, 0.1) is 0 Å². The van der Waals surface area contributed by atoms with Gasteiger partial charge in [0, 0.05) is 24.9 Å². The molecule has 0 spiro atoms. The maximum Gasteiger partial charge on any atom is 0.421 e. The molecule has 2 aromatic rings. The number of hydrogen-bond acceptors (Lipinski definition) is 4. The number of imidazole rings is 1. The second-order valence-corrected chi connectivity index (χ2v) is 5.16. The summed E-state index contributed by atoms with van der Waals surface area (Å²) in [5.41, 5.74) is 7.54. The standard InChI is InChI=1S/C15H23N6.2BrH/c1-19(2)14-7-5-13(6-8-14)17-18-15-20(3)11-12-21(15)10-4-9-16;;/h5-8,11-12H,4,9-10,16H2,1-3H3;2*1H/q+1;;/p-1. The molecule has 2 N–H and O–H groups in total. The lowest BCUT2D eigenvalue weighted by Gasteiger charge is -2.11. The minimum atomic E-state index is 0. The molecule has 1 heterocycles. The maximum absolute atomic E-state index is 5.56. The summed E-state index contributed by atoms with van der Waals surface area (Å²) in [5.74, 6) is 0.820. The minimum Gasteiger partial charge on any atom is -1.00 e. The number of benzene rings is 1. The van der Waals surface area contributed by atoms with Gasteiger partial charge in [0.1, 0.15) is 5.69 Å².